The molecule has 1 aliphatic rings. The Bertz CT molecular complexity index is 864. The van der Waals surface area contributed by atoms with Crippen molar-refractivity contribution in [3.05, 3.63) is 75.2 Å². The maximum Gasteiger partial charge on any atom is 0.172 e. The Morgan fingerprint density at radius 2 is 1.78 bits per heavy atom. The van der Waals surface area contributed by atoms with E-state index in [9.17, 15) is 10.5 Å². The molecule has 0 N–H and O–H groups in total. The number of hydrogen-bond acceptors (Lipinski definition) is 4. The standard InChI is InChI=1S/C19H14N2OS/c1-13-17(16-9-6-10-23-16)18(14(11-20)12-21)22-19(13,2)15-7-4-3-5-8-15/h3-10H,1-2H3. The number of allylic oxidation sites excluding steroid dienone is 2. The van der Waals surface area contributed by atoms with Crippen LogP contribution in [0.5, 0.6) is 0 Å². The van der Waals surface area contributed by atoms with Gasteiger partial charge in [-0.25, -0.2) is 0 Å². The summed E-state index contributed by atoms with van der Waals surface area (Å²) in [4.78, 5) is 1.00. The van der Waals surface area contributed by atoms with E-state index in [1.807, 2.05) is 73.8 Å². The summed E-state index contributed by atoms with van der Waals surface area (Å²) in [6.45, 7) is 3.98. The van der Waals surface area contributed by atoms with Crippen LogP contribution in [0.4, 0.5) is 0 Å². The van der Waals surface area contributed by atoms with Crippen LogP contribution in [0.2, 0.25) is 0 Å². The molecule has 2 heterocycles. The van der Waals surface area contributed by atoms with Crippen molar-refractivity contribution in [3.8, 4) is 12.1 Å². The van der Waals surface area contributed by atoms with Crippen LogP contribution >= 0.6 is 11.3 Å². The molecule has 0 saturated carbocycles. The molecule has 0 bridgehead atoms. The number of nitriles is 2. The summed E-state index contributed by atoms with van der Waals surface area (Å²) < 4.78 is 6.19. The lowest BCUT2D eigenvalue weighted by Crippen LogP contribution is -2.22. The van der Waals surface area contributed by atoms with E-state index in [2.05, 4.69) is 0 Å². The normalized spacial score (nSPS) is 19.9. The smallest absolute Gasteiger partial charge is 0.172 e. The molecule has 0 amide bonds. The van der Waals surface area contributed by atoms with Gasteiger partial charge >= 0.3 is 0 Å². The highest BCUT2D eigenvalue weighted by atomic mass is 32.1. The van der Waals surface area contributed by atoms with E-state index in [-0.39, 0.29) is 5.57 Å². The van der Waals surface area contributed by atoms with Crippen molar-refractivity contribution >= 4 is 16.9 Å². The maximum absolute atomic E-state index is 9.30. The fourth-order valence-electron chi connectivity index (χ4n) is 2.79. The van der Waals surface area contributed by atoms with Crippen LogP contribution in [0, 0.1) is 22.7 Å². The van der Waals surface area contributed by atoms with Crippen LogP contribution in [0.1, 0.15) is 24.3 Å². The highest BCUT2D eigenvalue weighted by Gasteiger charge is 2.42. The predicted octanol–water partition coefficient (Wildman–Crippen LogP) is 4.77. The number of hydrogen-bond donors (Lipinski definition) is 0. The van der Waals surface area contributed by atoms with Crippen molar-refractivity contribution in [2.75, 3.05) is 0 Å². The lowest BCUT2D eigenvalue weighted by Gasteiger charge is -2.26. The van der Waals surface area contributed by atoms with Crippen molar-refractivity contribution < 1.29 is 4.74 Å². The van der Waals surface area contributed by atoms with E-state index in [1.165, 1.54) is 0 Å². The Labute approximate surface area is 139 Å². The molecule has 23 heavy (non-hydrogen) atoms. The van der Waals surface area contributed by atoms with Gasteiger partial charge < -0.3 is 4.74 Å². The summed E-state index contributed by atoms with van der Waals surface area (Å²) in [6, 6.07) is 17.7. The van der Waals surface area contributed by atoms with Gasteiger partial charge in [-0.1, -0.05) is 36.4 Å². The largest absolute Gasteiger partial charge is 0.476 e. The molecule has 3 nitrogen and oxygen atoms in total. The minimum Gasteiger partial charge on any atom is -0.476 e. The van der Waals surface area contributed by atoms with Crippen molar-refractivity contribution in [2.24, 2.45) is 0 Å². The number of rotatable bonds is 2. The van der Waals surface area contributed by atoms with E-state index in [0.29, 0.717) is 5.76 Å². The lowest BCUT2D eigenvalue weighted by atomic mass is 9.87. The van der Waals surface area contributed by atoms with Crippen molar-refractivity contribution in [3.63, 3.8) is 0 Å². The van der Waals surface area contributed by atoms with Gasteiger partial charge in [0.25, 0.3) is 0 Å². The highest BCUT2D eigenvalue weighted by molar-refractivity contribution is 7.11. The van der Waals surface area contributed by atoms with Crippen molar-refractivity contribution in [1.82, 2.24) is 0 Å². The second-order valence-electron chi connectivity index (χ2n) is 5.41. The van der Waals surface area contributed by atoms with Crippen LogP contribution in [0.3, 0.4) is 0 Å². The molecule has 4 heteroatoms. The molecular weight excluding hydrogens is 304 g/mol. The second kappa shape index (κ2) is 5.76. The van der Waals surface area contributed by atoms with Crippen molar-refractivity contribution in [2.45, 2.75) is 19.4 Å². The Kier molecular flexibility index (Phi) is 3.78. The van der Waals surface area contributed by atoms with E-state index in [1.54, 1.807) is 11.3 Å². The third-order valence-electron chi connectivity index (χ3n) is 4.17. The minimum atomic E-state index is -0.686. The average Bonchev–Trinajstić information content (AvgIpc) is 3.18. The maximum atomic E-state index is 9.30. The summed E-state index contributed by atoms with van der Waals surface area (Å²) >= 11 is 1.57. The van der Waals surface area contributed by atoms with Gasteiger partial charge in [-0.3, -0.25) is 0 Å². The Morgan fingerprint density at radius 1 is 1.09 bits per heavy atom. The molecule has 0 radical (unpaired) electrons. The fraction of sp³-hybridized carbons (Fsp3) is 0.158. The van der Waals surface area contributed by atoms with Crippen LogP contribution in [-0.2, 0) is 10.3 Å². The van der Waals surface area contributed by atoms with Gasteiger partial charge in [0.2, 0.25) is 0 Å². The molecule has 1 aromatic carbocycles. The molecule has 1 aliphatic heterocycles. The van der Waals surface area contributed by atoms with Gasteiger partial charge in [0, 0.05) is 10.5 Å². The molecule has 2 aromatic rings. The van der Waals surface area contributed by atoms with E-state index in [0.717, 1.165) is 21.6 Å². The van der Waals surface area contributed by atoms with Crippen LogP contribution < -0.4 is 0 Å². The van der Waals surface area contributed by atoms with Gasteiger partial charge in [-0.15, -0.1) is 11.3 Å². The SMILES string of the molecule is CC1=C(c2cccs2)C(=C(C#N)C#N)OC1(C)c1ccccc1. The molecule has 0 aliphatic carbocycles. The summed E-state index contributed by atoms with van der Waals surface area (Å²) in [5, 5.41) is 20.6. The van der Waals surface area contributed by atoms with Crippen LogP contribution in [-0.4, -0.2) is 0 Å². The Morgan fingerprint density at radius 3 is 2.35 bits per heavy atom. The van der Waals surface area contributed by atoms with Gasteiger partial charge in [-0.05, 0) is 36.4 Å². The number of ether oxygens (including phenoxy) is 1. The predicted molar refractivity (Wildman–Crippen MR) is 90.0 cm³/mol. The zero-order valence-electron chi connectivity index (χ0n) is 12.8. The van der Waals surface area contributed by atoms with Gasteiger partial charge in [-0.2, -0.15) is 10.5 Å². The molecule has 112 valence electrons. The van der Waals surface area contributed by atoms with E-state index >= 15 is 0 Å². The number of thiophene rings is 1. The molecule has 3 rings (SSSR count). The van der Waals surface area contributed by atoms with Crippen molar-refractivity contribution in [1.29, 1.82) is 10.5 Å². The third-order valence-corrected chi connectivity index (χ3v) is 5.05. The van der Waals surface area contributed by atoms with Crippen LogP contribution in [0.25, 0.3) is 5.57 Å². The van der Waals surface area contributed by atoms with E-state index < -0.39 is 5.60 Å². The quantitative estimate of drug-likeness (QED) is 0.749. The zero-order valence-corrected chi connectivity index (χ0v) is 13.6. The van der Waals surface area contributed by atoms with Gasteiger partial charge in [0.1, 0.15) is 12.1 Å². The summed E-state index contributed by atoms with van der Waals surface area (Å²) in [5.41, 5.74) is 2.17. The molecule has 1 atom stereocenters. The third kappa shape index (κ3) is 2.34. The topological polar surface area (TPSA) is 56.8 Å². The van der Waals surface area contributed by atoms with Gasteiger partial charge in [0.05, 0.1) is 0 Å². The Hall–Kier alpha value is -2.82. The second-order valence-corrected chi connectivity index (χ2v) is 6.35. The first kappa shape index (κ1) is 15.1. The summed E-state index contributed by atoms with van der Waals surface area (Å²) in [5.74, 6) is 0.376. The zero-order chi connectivity index (χ0) is 16.4. The molecule has 0 fully saturated rings. The lowest BCUT2D eigenvalue weighted by molar-refractivity contribution is 0.0737. The number of nitrogens with zero attached hydrogens (tertiary/aromatic N) is 2. The van der Waals surface area contributed by atoms with Gasteiger partial charge in [0.15, 0.2) is 16.9 Å². The first-order valence-electron chi connectivity index (χ1n) is 7.16. The van der Waals surface area contributed by atoms with Crippen LogP contribution in [0.15, 0.2) is 64.8 Å². The fourth-order valence-corrected chi connectivity index (χ4v) is 3.62. The first-order valence-corrected chi connectivity index (χ1v) is 8.04. The molecular formula is C19H14N2OS. The average molecular weight is 318 g/mol. The summed E-state index contributed by atoms with van der Waals surface area (Å²) in [7, 11) is 0. The van der Waals surface area contributed by atoms with E-state index in [4.69, 9.17) is 4.74 Å². The molecule has 0 spiro atoms. The molecule has 1 aromatic heterocycles. The first-order chi connectivity index (χ1) is 11.1. The molecule has 1 unspecified atom stereocenters. The monoisotopic (exact) mass is 318 g/mol. The highest BCUT2D eigenvalue weighted by Crippen LogP contribution is 2.50. The minimum absolute atomic E-state index is 0.00686. The number of benzene rings is 1. The summed E-state index contributed by atoms with van der Waals surface area (Å²) in [6.07, 6.45) is 0. The molecule has 0 saturated heterocycles. The Balaban J connectivity index is 2.28.